The number of benzene rings is 2. The fourth-order valence-electron chi connectivity index (χ4n) is 2.21. The molecule has 0 heterocycles. The van der Waals surface area contributed by atoms with Crippen LogP contribution in [0.25, 0.3) is 0 Å². The average molecular weight is 317 g/mol. The van der Waals surface area contributed by atoms with E-state index in [2.05, 4.69) is 35.8 Å². The Hall–Kier alpha value is -1.84. The van der Waals surface area contributed by atoms with Gasteiger partial charge in [0.1, 0.15) is 0 Å². The Labute approximate surface area is 136 Å². The van der Waals surface area contributed by atoms with Crippen molar-refractivity contribution >= 4 is 23.2 Å². The highest BCUT2D eigenvalue weighted by Gasteiger charge is 2.06. The fraction of sp³-hybridized carbons (Fsp3) is 0.278. The van der Waals surface area contributed by atoms with Crippen LogP contribution in [0.1, 0.15) is 23.1 Å². The molecule has 0 spiro atoms. The minimum atomic E-state index is -0.0119. The van der Waals surface area contributed by atoms with Crippen molar-refractivity contribution in [1.82, 2.24) is 5.32 Å². The molecule has 22 heavy (non-hydrogen) atoms. The lowest BCUT2D eigenvalue weighted by Crippen LogP contribution is -2.21. The first-order chi connectivity index (χ1) is 10.6. The summed E-state index contributed by atoms with van der Waals surface area (Å²) in [4.78, 5) is 11.9. The summed E-state index contributed by atoms with van der Waals surface area (Å²) in [5, 5.41) is 6.84. The molecule has 0 aliphatic heterocycles. The van der Waals surface area contributed by atoms with Crippen molar-refractivity contribution in [3.8, 4) is 0 Å². The number of halogens is 1. The predicted molar refractivity (Wildman–Crippen MR) is 92.3 cm³/mol. The standard InChI is InChI=1S/C18H21ClN2O/c1-13-5-3-6-15(11-13)12-20-10-9-18(22)21-17-8-4-7-16(19)14(17)2/h3-8,11,20H,9-10,12H2,1-2H3,(H,21,22). The van der Waals surface area contributed by atoms with E-state index < -0.39 is 0 Å². The largest absolute Gasteiger partial charge is 0.326 e. The summed E-state index contributed by atoms with van der Waals surface area (Å²) < 4.78 is 0. The van der Waals surface area contributed by atoms with Crippen LogP contribution in [0.5, 0.6) is 0 Å². The van der Waals surface area contributed by atoms with Crippen molar-refractivity contribution in [2.45, 2.75) is 26.8 Å². The van der Waals surface area contributed by atoms with E-state index in [-0.39, 0.29) is 5.91 Å². The fourth-order valence-corrected chi connectivity index (χ4v) is 2.39. The minimum Gasteiger partial charge on any atom is -0.326 e. The van der Waals surface area contributed by atoms with Crippen LogP contribution in [0.3, 0.4) is 0 Å². The van der Waals surface area contributed by atoms with E-state index in [0.717, 1.165) is 17.8 Å². The van der Waals surface area contributed by atoms with Gasteiger partial charge in [-0.15, -0.1) is 0 Å². The molecule has 0 aliphatic carbocycles. The molecule has 0 fully saturated rings. The van der Waals surface area contributed by atoms with Gasteiger partial charge in [0, 0.05) is 30.2 Å². The summed E-state index contributed by atoms with van der Waals surface area (Å²) >= 11 is 6.04. The Balaban J connectivity index is 1.75. The second-order valence-corrected chi connectivity index (χ2v) is 5.78. The van der Waals surface area contributed by atoms with Crippen LogP contribution >= 0.6 is 11.6 Å². The van der Waals surface area contributed by atoms with Crippen molar-refractivity contribution in [1.29, 1.82) is 0 Å². The molecule has 0 aromatic heterocycles. The van der Waals surface area contributed by atoms with Crippen molar-refractivity contribution in [3.63, 3.8) is 0 Å². The van der Waals surface area contributed by atoms with Gasteiger partial charge in [-0.25, -0.2) is 0 Å². The zero-order chi connectivity index (χ0) is 15.9. The van der Waals surface area contributed by atoms with E-state index in [9.17, 15) is 4.79 Å². The molecule has 2 aromatic rings. The first-order valence-electron chi connectivity index (χ1n) is 7.37. The topological polar surface area (TPSA) is 41.1 Å². The number of nitrogens with one attached hydrogen (secondary N) is 2. The summed E-state index contributed by atoms with van der Waals surface area (Å²) in [6, 6.07) is 13.8. The summed E-state index contributed by atoms with van der Waals surface area (Å²) in [6.07, 6.45) is 0.428. The second-order valence-electron chi connectivity index (χ2n) is 5.38. The SMILES string of the molecule is Cc1cccc(CNCCC(=O)Nc2cccc(Cl)c2C)c1. The molecule has 4 heteroatoms. The van der Waals surface area contributed by atoms with Gasteiger partial charge in [-0.05, 0) is 37.1 Å². The number of anilines is 1. The maximum Gasteiger partial charge on any atom is 0.225 e. The molecule has 2 aromatic carbocycles. The van der Waals surface area contributed by atoms with Crippen LogP contribution in [0.15, 0.2) is 42.5 Å². The molecule has 2 N–H and O–H groups in total. The summed E-state index contributed by atoms with van der Waals surface area (Å²) in [6.45, 7) is 5.38. The third-order valence-corrected chi connectivity index (χ3v) is 3.89. The lowest BCUT2D eigenvalue weighted by Gasteiger charge is -2.10. The second kappa shape index (κ2) is 7.97. The van der Waals surface area contributed by atoms with Gasteiger partial charge in [0.25, 0.3) is 0 Å². The van der Waals surface area contributed by atoms with Crippen LogP contribution in [-0.4, -0.2) is 12.5 Å². The molecule has 1 amide bonds. The summed E-state index contributed by atoms with van der Waals surface area (Å²) in [5.41, 5.74) is 4.14. The van der Waals surface area contributed by atoms with E-state index in [1.807, 2.05) is 31.2 Å². The van der Waals surface area contributed by atoms with Gasteiger partial charge in [-0.2, -0.15) is 0 Å². The Kier molecular flexibility index (Phi) is 5.99. The van der Waals surface area contributed by atoms with E-state index >= 15 is 0 Å². The lowest BCUT2D eigenvalue weighted by atomic mass is 10.1. The number of carbonyl (C=O) groups excluding carboxylic acids is 1. The molecular weight excluding hydrogens is 296 g/mol. The highest BCUT2D eigenvalue weighted by Crippen LogP contribution is 2.22. The third-order valence-electron chi connectivity index (χ3n) is 3.48. The van der Waals surface area contributed by atoms with E-state index in [4.69, 9.17) is 11.6 Å². The zero-order valence-corrected chi connectivity index (χ0v) is 13.7. The van der Waals surface area contributed by atoms with Crippen molar-refractivity contribution in [3.05, 3.63) is 64.2 Å². The van der Waals surface area contributed by atoms with Gasteiger partial charge in [0.15, 0.2) is 0 Å². The Morgan fingerprint density at radius 2 is 1.91 bits per heavy atom. The minimum absolute atomic E-state index is 0.0119. The number of rotatable bonds is 6. The molecule has 0 unspecified atom stereocenters. The maximum absolute atomic E-state index is 11.9. The third kappa shape index (κ3) is 4.86. The Bertz CT molecular complexity index is 655. The Morgan fingerprint density at radius 1 is 1.14 bits per heavy atom. The highest BCUT2D eigenvalue weighted by atomic mass is 35.5. The molecule has 0 saturated heterocycles. The van der Waals surface area contributed by atoms with E-state index in [0.29, 0.717) is 18.0 Å². The van der Waals surface area contributed by atoms with Gasteiger partial charge >= 0.3 is 0 Å². The quantitative estimate of drug-likeness (QED) is 0.789. The van der Waals surface area contributed by atoms with Crippen molar-refractivity contribution < 1.29 is 4.79 Å². The molecule has 0 aliphatic rings. The molecule has 2 rings (SSSR count). The van der Waals surface area contributed by atoms with E-state index in [1.165, 1.54) is 11.1 Å². The highest BCUT2D eigenvalue weighted by molar-refractivity contribution is 6.31. The van der Waals surface area contributed by atoms with Crippen molar-refractivity contribution in [2.75, 3.05) is 11.9 Å². The molecule has 0 atom stereocenters. The van der Waals surface area contributed by atoms with Gasteiger partial charge in [-0.1, -0.05) is 47.5 Å². The lowest BCUT2D eigenvalue weighted by molar-refractivity contribution is -0.116. The molecule has 0 bridgehead atoms. The van der Waals surface area contributed by atoms with Crippen LogP contribution in [0.4, 0.5) is 5.69 Å². The molecule has 3 nitrogen and oxygen atoms in total. The first kappa shape index (κ1) is 16.5. The predicted octanol–water partition coefficient (Wildman–Crippen LogP) is 4.08. The molecular formula is C18H21ClN2O. The maximum atomic E-state index is 11.9. The van der Waals surface area contributed by atoms with Crippen LogP contribution in [-0.2, 0) is 11.3 Å². The van der Waals surface area contributed by atoms with E-state index in [1.54, 1.807) is 0 Å². The number of amides is 1. The normalized spacial score (nSPS) is 10.5. The molecule has 0 saturated carbocycles. The molecule has 116 valence electrons. The summed E-state index contributed by atoms with van der Waals surface area (Å²) in [7, 11) is 0. The van der Waals surface area contributed by atoms with Crippen LogP contribution in [0.2, 0.25) is 5.02 Å². The number of hydrogen-bond acceptors (Lipinski definition) is 2. The van der Waals surface area contributed by atoms with Gasteiger partial charge in [0.05, 0.1) is 0 Å². The first-order valence-corrected chi connectivity index (χ1v) is 7.75. The van der Waals surface area contributed by atoms with Crippen LogP contribution in [0, 0.1) is 13.8 Å². The average Bonchev–Trinajstić information content (AvgIpc) is 2.49. The number of carbonyl (C=O) groups is 1. The van der Waals surface area contributed by atoms with Gasteiger partial charge < -0.3 is 10.6 Å². The summed E-state index contributed by atoms with van der Waals surface area (Å²) in [5.74, 6) is -0.0119. The number of hydrogen-bond donors (Lipinski definition) is 2. The van der Waals surface area contributed by atoms with Crippen LogP contribution < -0.4 is 10.6 Å². The number of aryl methyl sites for hydroxylation is 1. The zero-order valence-electron chi connectivity index (χ0n) is 12.9. The van der Waals surface area contributed by atoms with Gasteiger partial charge in [-0.3, -0.25) is 4.79 Å². The van der Waals surface area contributed by atoms with Crippen molar-refractivity contribution in [2.24, 2.45) is 0 Å². The smallest absolute Gasteiger partial charge is 0.225 e. The van der Waals surface area contributed by atoms with Gasteiger partial charge in [0.2, 0.25) is 5.91 Å². The molecule has 0 radical (unpaired) electrons. The Morgan fingerprint density at radius 3 is 2.68 bits per heavy atom. The monoisotopic (exact) mass is 316 g/mol.